The Hall–Kier alpha value is -2.54. The van der Waals surface area contributed by atoms with Crippen LogP contribution in [0.1, 0.15) is 21.6 Å². The van der Waals surface area contributed by atoms with Gasteiger partial charge in [0.05, 0.1) is 6.61 Å². The van der Waals surface area contributed by atoms with E-state index in [1.165, 1.54) is 6.08 Å². The van der Waals surface area contributed by atoms with Gasteiger partial charge in [0.15, 0.2) is 0 Å². The normalized spacial score (nSPS) is 12.8. The Morgan fingerprint density at radius 1 is 1.29 bits per heavy atom. The number of amides is 2. The highest BCUT2D eigenvalue weighted by Crippen LogP contribution is 2.26. The van der Waals surface area contributed by atoms with E-state index in [2.05, 4.69) is 26.8 Å². The third kappa shape index (κ3) is 3.68. The van der Waals surface area contributed by atoms with Crippen molar-refractivity contribution in [3.8, 4) is 5.75 Å². The van der Waals surface area contributed by atoms with Gasteiger partial charge in [0.2, 0.25) is 0 Å². The van der Waals surface area contributed by atoms with Gasteiger partial charge in [-0.3, -0.25) is 20.4 Å². The first-order chi connectivity index (χ1) is 11.5. The second-order valence-corrected chi connectivity index (χ2v) is 6.31. The molecule has 1 aromatic carbocycles. The molecule has 0 bridgehead atoms. The molecule has 0 radical (unpaired) electrons. The first-order valence-corrected chi connectivity index (χ1v) is 8.18. The van der Waals surface area contributed by atoms with E-state index in [0.29, 0.717) is 12.3 Å². The number of hydrogen-bond acceptors (Lipinski definition) is 3. The van der Waals surface area contributed by atoms with Crippen molar-refractivity contribution in [2.75, 3.05) is 6.61 Å². The number of aromatic nitrogens is 1. The maximum absolute atomic E-state index is 12.0. The number of carbonyl (C=O) groups is 2. The lowest BCUT2D eigenvalue weighted by Crippen LogP contribution is -2.41. The molecular weight excluding hydrogens is 374 g/mol. The van der Waals surface area contributed by atoms with Crippen LogP contribution in [0.5, 0.6) is 5.75 Å². The molecule has 124 valence electrons. The first kappa shape index (κ1) is 16.3. The van der Waals surface area contributed by atoms with Crippen molar-refractivity contribution in [3.05, 3.63) is 57.8 Å². The van der Waals surface area contributed by atoms with Gasteiger partial charge in [-0.2, -0.15) is 0 Å². The minimum Gasteiger partial charge on any atom is -0.493 e. The lowest BCUT2D eigenvalue weighted by molar-refractivity contribution is -0.117. The Labute approximate surface area is 147 Å². The van der Waals surface area contributed by atoms with Crippen molar-refractivity contribution in [2.45, 2.75) is 6.42 Å². The third-order valence-electron chi connectivity index (χ3n) is 3.64. The van der Waals surface area contributed by atoms with Gasteiger partial charge in [0, 0.05) is 30.2 Å². The van der Waals surface area contributed by atoms with Gasteiger partial charge in [0.1, 0.15) is 11.4 Å². The van der Waals surface area contributed by atoms with Crippen molar-refractivity contribution >= 4 is 33.8 Å². The maximum Gasteiger partial charge on any atom is 0.286 e. The SMILES string of the molecule is Cn1cc(Br)cc1C(=O)NNC(=O)/C=C\c1ccc2c(c1)CCO2. The van der Waals surface area contributed by atoms with E-state index in [1.54, 1.807) is 30.0 Å². The highest BCUT2D eigenvalue weighted by atomic mass is 79.9. The van der Waals surface area contributed by atoms with Crippen LogP contribution in [0.4, 0.5) is 0 Å². The molecule has 0 saturated heterocycles. The lowest BCUT2D eigenvalue weighted by Gasteiger charge is -2.06. The molecule has 0 atom stereocenters. The van der Waals surface area contributed by atoms with Crippen LogP contribution in [0.15, 0.2) is 41.0 Å². The smallest absolute Gasteiger partial charge is 0.286 e. The number of fused-ring (bicyclic) bond motifs is 1. The minimum atomic E-state index is -0.409. The van der Waals surface area contributed by atoms with Gasteiger partial charge in [-0.05, 0) is 51.3 Å². The number of nitrogens with zero attached hydrogens (tertiary/aromatic N) is 1. The molecule has 1 aliphatic rings. The molecule has 7 heteroatoms. The van der Waals surface area contributed by atoms with Gasteiger partial charge in [-0.25, -0.2) is 0 Å². The average Bonchev–Trinajstić information content (AvgIpc) is 3.15. The number of aryl methyl sites for hydroxylation is 1. The second kappa shape index (κ2) is 6.92. The van der Waals surface area contributed by atoms with Crippen LogP contribution in [0, 0.1) is 0 Å². The number of halogens is 1. The molecule has 2 aromatic rings. The number of hydrogen-bond donors (Lipinski definition) is 2. The van der Waals surface area contributed by atoms with E-state index >= 15 is 0 Å². The van der Waals surface area contributed by atoms with E-state index in [-0.39, 0.29) is 5.91 Å². The predicted octanol–water partition coefficient (Wildman–Crippen LogP) is 2.20. The van der Waals surface area contributed by atoms with Gasteiger partial charge < -0.3 is 9.30 Å². The van der Waals surface area contributed by atoms with Crippen molar-refractivity contribution in [3.63, 3.8) is 0 Å². The molecule has 2 amide bonds. The number of nitrogens with one attached hydrogen (secondary N) is 2. The van der Waals surface area contributed by atoms with Crippen molar-refractivity contribution in [1.29, 1.82) is 0 Å². The Balaban J connectivity index is 1.55. The minimum absolute atomic E-state index is 0.389. The molecule has 0 saturated carbocycles. The predicted molar refractivity (Wildman–Crippen MR) is 93.4 cm³/mol. The van der Waals surface area contributed by atoms with Crippen molar-refractivity contribution < 1.29 is 14.3 Å². The van der Waals surface area contributed by atoms with Crippen LogP contribution in [0.3, 0.4) is 0 Å². The van der Waals surface area contributed by atoms with Crippen LogP contribution in [-0.4, -0.2) is 23.0 Å². The summed E-state index contributed by atoms with van der Waals surface area (Å²) in [4.78, 5) is 23.8. The lowest BCUT2D eigenvalue weighted by atomic mass is 10.1. The number of ether oxygens (including phenoxy) is 1. The van der Waals surface area contributed by atoms with E-state index in [9.17, 15) is 9.59 Å². The summed E-state index contributed by atoms with van der Waals surface area (Å²) in [7, 11) is 1.75. The van der Waals surface area contributed by atoms with E-state index in [1.807, 2.05) is 18.2 Å². The Bertz CT molecular complexity index is 826. The first-order valence-electron chi connectivity index (χ1n) is 7.39. The monoisotopic (exact) mass is 389 g/mol. The second-order valence-electron chi connectivity index (χ2n) is 5.40. The van der Waals surface area contributed by atoms with E-state index in [4.69, 9.17) is 4.74 Å². The number of carbonyl (C=O) groups excluding carboxylic acids is 2. The summed E-state index contributed by atoms with van der Waals surface area (Å²) in [5.74, 6) is 0.102. The zero-order chi connectivity index (χ0) is 17.1. The molecular formula is C17H16BrN3O3. The standard InChI is InChI=1S/C17H16BrN3O3/c1-21-10-13(18)9-14(21)17(23)20-19-16(22)5-3-11-2-4-15-12(8-11)6-7-24-15/h2-5,8-10H,6-7H2,1H3,(H,19,22)(H,20,23)/b5-3-. The van der Waals surface area contributed by atoms with Crippen LogP contribution in [-0.2, 0) is 18.3 Å². The van der Waals surface area contributed by atoms with Crippen molar-refractivity contribution in [2.24, 2.45) is 7.05 Å². The zero-order valence-corrected chi connectivity index (χ0v) is 14.6. The summed E-state index contributed by atoms with van der Waals surface area (Å²) in [6.45, 7) is 0.699. The molecule has 3 rings (SSSR count). The Kier molecular flexibility index (Phi) is 4.71. The zero-order valence-electron chi connectivity index (χ0n) is 13.0. The Morgan fingerprint density at radius 2 is 2.12 bits per heavy atom. The summed E-state index contributed by atoms with van der Waals surface area (Å²) >= 11 is 3.29. The molecule has 2 heterocycles. The molecule has 1 aliphatic heterocycles. The maximum atomic E-state index is 12.0. The van der Waals surface area contributed by atoms with Gasteiger partial charge >= 0.3 is 0 Å². The molecule has 2 N–H and O–H groups in total. The van der Waals surface area contributed by atoms with Crippen molar-refractivity contribution in [1.82, 2.24) is 15.4 Å². The molecule has 0 unspecified atom stereocenters. The third-order valence-corrected chi connectivity index (χ3v) is 4.08. The fourth-order valence-electron chi connectivity index (χ4n) is 2.46. The van der Waals surface area contributed by atoms with Gasteiger partial charge in [-0.1, -0.05) is 6.07 Å². The highest BCUT2D eigenvalue weighted by molar-refractivity contribution is 9.10. The van der Waals surface area contributed by atoms with Gasteiger partial charge in [-0.15, -0.1) is 0 Å². The number of hydrazine groups is 1. The largest absolute Gasteiger partial charge is 0.493 e. The number of benzene rings is 1. The fraction of sp³-hybridized carbons (Fsp3) is 0.176. The summed E-state index contributed by atoms with van der Waals surface area (Å²) < 4.78 is 7.90. The molecule has 0 spiro atoms. The fourth-order valence-corrected chi connectivity index (χ4v) is 2.98. The highest BCUT2D eigenvalue weighted by Gasteiger charge is 2.12. The molecule has 0 fully saturated rings. The molecule has 6 nitrogen and oxygen atoms in total. The molecule has 0 aliphatic carbocycles. The molecule has 1 aromatic heterocycles. The number of rotatable bonds is 3. The van der Waals surface area contributed by atoms with Crippen LogP contribution < -0.4 is 15.6 Å². The van der Waals surface area contributed by atoms with E-state index in [0.717, 1.165) is 27.8 Å². The van der Waals surface area contributed by atoms with Gasteiger partial charge in [0.25, 0.3) is 11.8 Å². The van der Waals surface area contributed by atoms with E-state index < -0.39 is 5.91 Å². The van der Waals surface area contributed by atoms with Crippen LogP contribution >= 0.6 is 15.9 Å². The molecule has 24 heavy (non-hydrogen) atoms. The summed E-state index contributed by atoms with van der Waals surface area (Å²) in [6, 6.07) is 7.44. The Morgan fingerprint density at radius 3 is 2.88 bits per heavy atom. The average molecular weight is 390 g/mol. The summed E-state index contributed by atoms with van der Waals surface area (Å²) in [5, 5.41) is 0. The quantitative estimate of drug-likeness (QED) is 0.624. The van der Waals surface area contributed by atoms with Crippen LogP contribution in [0.2, 0.25) is 0 Å². The van der Waals surface area contributed by atoms with Crippen LogP contribution in [0.25, 0.3) is 6.08 Å². The topological polar surface area (TPSA) is 72.4 Å². The summed E-state index contributed by atoms with van der Waals surface area (Å²) in [6.07, 6.45) is 5.71. The summed E-state index contributed by atoms with van der Waals surface area (Å²) in [5.41, 5.74) is 7.22.